The van der Waals surface area contributed by atoms with Gasteiger partial charge < -0.3 is 9.80 Å². The second kappa shape index (κ2) is 5.91. The van der Waals surface area contributed by atoms with E-state index in [9.17, 15) is 4.79 Å². The largest absolute Gasteiger partial charge is 0.321 e. The first kappa shape index (κ1) is 15.0. The summed E-state index contributed by atoms with van der Waals surface area (Å²) in [5.74, 6) is 1.40. The van der Waals surface area contributed by atoms with Crippen molar-refractivity contribution in [3.8, 4) is 0 Å². The monoisotopic (exact) mass is 332 g/mol. The lowest BCUT2D eigenvalue weighted by Crippen LogP contribution is -2.41. The van der Waals surface area contributed by atoms with Crippen molar-refractivity contribution >= 4 is 6.03 Å². The minimum Gasteiger partial charge on any atom is -0.315 e. The topological polar surface area (TPSA) is 23.6 Å². The molecule has 3 fully saturated rings. The van der Waals surface area contributed by atoms with E-state index in [0.717, 1.165) is 13.1 Å². The van der Waals surface area contributed by atoms with Crippen LogP contribution >= 0.6 is 0 Å². The van der Waals surface area contributed by atoms with Crippen molar-refractivity contribution in [3.63, 3.8) is 0 Å². The maximum Gasteiger partial charge on any atom is 0.321 e. The molecule has 2 amide bonds. The normalized spacial score (nSPS) is 30.2. The summed E-state index contributed by atoms with van der Waals surface area (Å²) in [6.07, 6.45) is 3.90. The molecular formula is C22H24N2O. The number of hydrogen-bond acceptors (Lipinski definition) is 1. The summed E-state index contributed by atoms with van der Waals surface area (Å²) >= 11 is 0. The Morgan fingerprint density at radius 2 is 1.16 bits per heavy atom. The van der Waals surface area contributed by atoms with Gasteiger partial charge in [0.1, 0.15) is 0 Å². The highest BCUT2D eigenvalue weighted by molar-refractivity contribution is 5.78. The molecule has 4 atom stereocenters. The number of carbonyl (C=O) groups is 1. The standard InChI is InChI=1S/C22H24N2O/c25-22-23(14-16-7-3-1-4-8-16)20-18-11-12-19(13-18)21(20)24(22)15-17-9-5-2-6-10-17/h1-10,18-21H,11-15H2/t18-,19+,20-,21+. The molecule has 3 heteroatoms. The van der Waals surface area contributed by atoms with Crippen LogP contribution in [-0.2, 0) is 13.1 Å². The summed E-state index contributed by atoms with van der Waals surface area (Å²) in [5.41, 5.74) is 2.47. The molecule has 5 rings (SSSR count). The van der Waals surface area contributed by atoms with Crippen molar-refractivity contribution < 1.29 is 4.79 Å². The molecule has 2 saturated carbocycles. The molecule has 3 nitrogen and oxygen atoms in total. The quantitative estimate of drug-likeness (QED) is 0.819. The highest BCUT2D eigenvalue weighted by Gasteiger charge is 2.59. The molecule has 3 aliphatic rings. The highest BCUT2D eigenvalue weighted by Crippen LogP contribution is 2.52. The smallest absolute Gasteiger partial charge is 0.315 e. The predicted octanol–water partition coefficient (Wildman–Crippen LogP) is 4.29. The van der Waals surface area contributed by atoms with Crippen molar-refractivity contribution in [3.05, 3.63) is 71.8 Å². The summed E-state index contributed by atoms with van der Waals surface area (Å²) in [6.45, 7) is 1.49. The van der Waals surface area contributed by atoms with Gasteiger partial charge in [0, 0.05) is 13.1 Å². The van der Waals surface area contributed by atoms with Crippen molar-refractivity contribution in [2.24, 2.45) is 11.8 Å². The van der Waals surface area contributed by atoms with Crippen molar-refractivity contribution in [2.45, 2.75) is 44.4 Å². The Hall–Kier alpha value is -2.29. The zero-order chi connectivity index (χ0) is 16.8. The van der Waals surface area contributed by atoms with Crippen LogP contribution in [0.25, 0.3) is 0 Å². The fourth-order valence-corrected chi connectivity index (χ4v) is 5.43. The van der Waals surface area contributed by atoms with E-state index in [1.54, 1.807) is 0 Å². The molecule has 1 saturated heterocycles. The zero-order valence-corrected chi connectivity index (χ0v) is 14.4. The summed E-state index contributed by atoms with van der Waals surface area (Å²) < 4.78 is 0. The molecule has 2 aromatic rings. The fraction of sp³-hybridized carbons (Fsp3) is 0.409. The van der Waals surface area contributed by atoms with Crippen LogP contribution in [0.15, 0.2) is 60.7 Å². The molecule has 0 aromatic heterocycles. The van der Waals surface area contributed by atoms with Gasteiger partial charge in [0.05, 0.1) is 12.1 Å². The Labute approximate surface area is 149 Å². The minimum absolute atomic E-state index is 0.235. The Kier molecular flexibility index (Phi) is 3.54. The average Bonchev–Trinajstić information content (AvgIpc) is 3.33. The van der Waals surface area contributed by atoms with Crippen LogP contribution < -0.4 is 0 Å². The van der Waals surface area contributed by atoms with E-state index in [4.69, 9.17) is 0 Å². The van der Waals surface area contributed by atoms with Gasteiger partial charge >= 0.3 is 6.03 Å². The Balaban J connectivity index is 1.45. The van der Waals surface area contributed by atoms with E-state index in [2.05, 4.69) is 58.3 Å². The van der Waals surface area contributed by atoms with Crippen molar-refractivity contribution in [2.75, 3.05) is 0 Å². The lowest BCUT2D eigenvalue weighted by molar-refractivity contribution is 0.171. The van der Waals surface area contributed by atoms with Gasteiger partial charge in [0.2, 0.25) is 0 Å². The van der Waals surface area contributed by atoms with E-state index in [-0.39, 0.29) is 6.03 Å². The third kappa shape index (κ3) is 2.45. The summed E-state index contributed by atoms with van der Waals surface area (Å²) in [6, 6.07) is 21.9. The van der Waals surface area contributed by atoms with Crippen LogP contribution in [0.5, 0.6) is 0 Å². The molecule has 128 valence electrons. The summed E-state index contributed by atoms with van der Waals surface area (Å²) in [7, 11) is 0. The molecule has 0 spiro atoms. The number of hydrogen-bond donors (Lipinski definition) is 0. The molecule has 0 unspecified atom stereocenters. The molecule has 1 aliphatic heterocycles. The molecule has 2 bridgehead atoms. The maximum atomic E-state index is 13.3. The van der Waals surface area contributed by atoms with Crippen LogP contribution in [0, 0.1) is 11.8 Å². The SMILES string of the molecule is O=C1N(Cc2ccccc2)[C@@H]2[C@@H]3CC[C@@H](C3)[C@@H]2N1Cc1ccccc1. The molecular weight excluding hydrogens is 308 g/mol. The number of nitrogens with zero attached hydrogens (tertiary/aromatic N) is 2. The fourth-order valence-electron chi connectivity index (χ4n) is 5.43. The highest BCUT2D eigenvalue weighted by atomic mass is 16.2. The number of rotatable bonds is 4. The van der Waals surface area contributed by atoms with E-state index in [1.807, 2.05) is 12.1 Å². The second-order valence-electron chi connectivity index (χ2n) is 7.82. The minimum atomic E-state index is 0.235. The van der Waals surface area contributed by atoms with E-state index >= 15 is 0 Å². The molecule has 2 aromatic carbocycles. The first-order chi connectivity index (χ1) is 12.3. The van der Waals surface area contributed by atoms with Gasteiger partial charge in [0.25, 0.3) is 0 Å². The number of fused-ring (bicyclic) bond motifs is 5. The second-order valence-corrected chi connectivity index (χ2v) is 7.82. The Bertz CT molecular complexity index is 697. The van der Waals surface area contributed by atoms with Gasteiger partial charge in [-0.25, -0.2) is 4.79 Å². The van der Waals surface area contributed by atoms with Gasteiger partial charge in [0.15, 0.2) is 0 Å². The van der Waals surface area contributed by atoms with Crippen LogP contribution in [0.1, 0.15) is 30.4 Å². The average molecular weight is 332 g/mol. The molecule has 0 N–H and O–H groups in total. The molecule has 25 heavy (non-hydrogen) atoms. The van der Waals surface area contributed by atoms with Gasteiger partial charge in [-0.05, 0) is 42.2 Å². The van der Waals surface area contributed by atoms with Crippen LogP contribution in [0.2, 0.25) is 0 Å². The van der Waals surface area contributed by atoms with E-state index in [0.29, 0.717) is 23.9 Å². The molecule has 0 radical (unpaired) electrons. The van der Waals surface area contributed by atoms with Crippen molar-refractivity contribution in [1.82, 2.24) is 9.80 Å². The Morgan fingerprint density at radius 3 is 1.60 bits per heavy atom. The van der Waals surface area contributed by atoms with E-state index < -0.39 is 0 Å². The zero-order valence-electron chi connectivity index (χ0n) is 14.4. The maximum absolute atomic E-state index is 13.3. The predicted molar refractivity (Wildman–Crippen MR) is 97.8 cm³/mol. The van der Waals surface area contributed by atoms with Crippen LogP contribution in [0.3, 0.4) is 0 Å². The lowest BCUT2D eigenvalue weighted by Gasteiger charge is -2.31. The van der Waals surface area contributed by atoms with E-state index in [1.165, 1.54) is 30.4 Å². The number of urea groups is 1. The van der Waals surface area contributed by atoms with Gasteiger partial charge in [-0.1, -0.05) is 60.7 Å². The number of benzene rings is 2. The van der Waals surface area contributed by atoms with Crippen molar-refractivity contribution in [1.29, 1.82) is 0 Å². The third-order valence-corrected chi connectivity index (χ3v) is 6.43. The van der Waals surface area contributed by atoms with Gasteiger partial charge in [-0.2, -0.15) is 0 Å². The first-order valence-corrected chi connectivity index (χ1v) is 9.46. The Morgan fingerprint density at radius 1 is 0.720 bits per heavy atom. The molecule has 2 aliphatic carbocycles. The van der Waals surface area contributed by atoms with Gasteiger partial charge in [-0.3, -0.25) is 0 Å². The summed E-state index contributed by atoms with van der Waals surface area (Å²) in [5, 5.41) is 0. The third-order valence-electron chi connectivity index (χ3n) is 6.43. The number of carbonyl (C=O) groups excluding carboxylic acids is 1. The van der Waals surface area contributed by atoms with Crippen LogP contribution in [0.4, 0.5) is 4.79 Å². The number of amides is 2. The van der Waals surface area contributed by atoms with Gasteiger partial charge in [-0.15, -0.1) is 0 Å². The summed E-state index contributed by atoms with van der Waals surface area (Å²) in [4.78, 5) is 17.6. The van der Waals surface area contributed by atoms with Crippen LogP contribution in [-0.4, -0.2) is 27.9 Å². The molecule has 1 heterocycles. The first-order valence-electron chi connectivity index (χ1n) is 9.46. The lowest BCUT2D eigenvalue weighted by atomic mass is 9.90.